The fourth-order valence-electron chi connectivity index (χ4n) is 1.91. The van der Waals surface area contributed by atoms with Gasteiger partial charge in [0.15, 0.2) is 0 Å². The van der Waals surface area contributed by atoms with E-state index >= 15 is 0 Å². The van der Waals surface area contributed by atoms with E-state index < -0.39 is 28.3 Å². The molecule has 0 spiro atoms. The van der Waals surface area contributed by atoms with Gasteiger partial charge in [-0.05, 0) is 39.3 Å². The van der Waals surface area contributed by atoms with Crippen LogP contribution >= 0.6 is 0 Å². The Bertz CT molecular complexity index is 557. The van der Waals surface area contributed by atoms with Gasteiger partial charge in [-0.3, -0.25) is 14.9 Å². The van der Waals surface area contributed by atoms with Crippen LogP contribution < -0.4 is 0 Å². The molecule has 0 fully saturated rings. The van der Waals surface area contributed by atoms with Crippen molar-refractivity contribution in [3.05, 3.63) is 45.5 Å². The largest absolute Gasteiger partial charge is 0.456 e. The molecule has 6 heteroatoms. The summed E-state index contributed by atoms with van der Waals surface area (Å²) in [7, 11) is 0. The summed E-state index contributed by atoms with van der Waals surface area (Å²) >= 11 is 0. The minimum atomic E-state index is -1.24. The van der Waals surface area contributed by atoms with Gasteiger partial charge >= 0.3 is 5.97 Å². The maximum Gasteiger partial charge on any atom is 0.338 e. The molecule has 1 atom stereocenters. The zero-order valence-corrected chi connectivity index (χ0v) is 13.3. The number of Topliss-reactive ketones (excluding diaryl/α,β-unsaturated/α-hetero) is 1. The molecule has 0 aliphatic carbocycles. The first-order valence-corrected chi connectivity index (χ1v) is 7.17. The van der Waals surface area contributed by atoms with Crippen molar-refractivity contribution in [3.8, 4) is 0 Å². The van der Waals surface area contributed by atoms with Crippen LogP contribution in [-0.2, 0) is 4.74 Å². The van der Waals surface area contributed by atoms with Crippen LogP contribution in [0, 0.1) is 10.1 Å². The summed E-state index contributed by atoms with van der Waals surface area (Å²) in [6, 6.07) is 4.51. The van der Waals surface area contributed by atoms with E-state index in [-0.39, 0.29) is 12.0 Å². The topological polar surface area (TPSA) is 86.5 Å². The average Bonchev–Trinajstić information content (AvgIpc) is 2.42. The molecule has 6 nitrogen and oxygen atoms in total. The van der Waals surface area contributed by atoms with E-state index in [2.05, 4.69) is 0 Å². The van der Waals surface area contributed by atoms with E-state index in [9.17, 15) is 19.7 Å². The summed E-state index contributed by atoms with van der Waals surface area (Å²) in [5, 5.41) is 10.9. The molecule has 0 radical (unpaired) electrons. The number of ketones is 1. The highest BCUT2D eigenvalue weighted by Gasteiger charge is 2.29. The lowest BCUT2D eigenvalue weighted by molar-refractivity contribution is -0.505. The predicted octanol–water partition coefficient (Wildman–Crippen LogP) is 3.27. The molecule has 0 aromatic heterocycles. The first-order valence-electron chi connectivity index (χ1n) is 7.17. The van der Waals surface area contributed by atoms with Crippen LogP contribution in [0.4, 0.5) is 0 Å². The molecule has 1 unspecified atom stereocenters. The van der Waals surface area contributed by atoms with E-state index in [1.165, 1.54) is 24.3 Å². The zero-order chi connectivity index (χ0) is 16.9. The lowest BCUT2D eigenvalue weighted by atomic mass is 10.00. The van der Waals surface area contributed by atoms with Gasteiger partial charge < -0.3 is 4.74 Å². The molecule has 0 aliphatic heterocycles. The highest BCUT2D eigenvalue weighted by atomic mass is 16.6. The van der Waals surface area contributed by atoms with E-state index in [4.69, 9.17) is 4.74 Å². The maximum atomic E-state index is 12.1. The first kappa shape index (κ1) is 17.8. The third-order valence-electron chi connectivity index (χ3n) is 2.92. The van der Waals surface area contributed by atoms with Crippen molar-refractivity contribution in [2.24, 2.45) is 0 Å². The molecular weight excluding hydrogens is 286 g/mol. The van der Waals surface area contributed by atoms with Crippen molar-refractivity contribution < 1.29 is 19.2 Å². The summed E-state index contributed by atoms with van der Waals surface area (Å²) in [5.74, 6) is -1.03. The van der Waals surface area contributed by atoms with Crippen LogP contribution in [0.15, 0.2) is 24.3 Å². The number of carbonyl (C=O) groups is 2. The number of hydrogen-bond donors (Lipinski definition) is 0. The average molecular weight is 307 g/mol. The predicted molar refractivity (Wildman–Crippen MR) is 81.6 cm³/mol. The quantitative estimate of drug-likeness (QED) is 0.348. The zero-order valence-electron chi connectivity index (χ0n) is 13.3. The standard InChI is InChI=1S/C16H21NO5/c1-5-6-13(17(20)21)14(18)11-7-9-12(10-8-11)15(19)22-16(2,3)4/h7-10,13H,5-6H2,1-4H3. The molecule has 120 valence electrons. The Balaban J connectivity index is 2.90. The second-order valence-corrected chi connectivity index (χ2v) is 6.03. The third kappa shape index (κ3) is 4.95. The van der Waals surface area contributed by atoms with Crippen LogP contribution in [0.1, 0.15) is 61.3 Å². The smallest absolute Gasteiger partial charge is 0.338 e. The van der Waals surface area contributed by atoms with Gasteiger partial charge in [-0.1, -0.05) is 19.1 Å². The monoisotopic (exact) mass is 307 g/mol. The number of esters is 1. The summed E-state index contributed by atoms with van der Waals surface area (Å²) in [6.45, 7) is 7.06. The molecule has 0 saturated heterocycles. The van der Waals surface area contributed by atoms with Crippen LogP contribution in [0.2, 0.25) is 0 Å². The molecule has 1 rings (SSSR count). The van der Waals surface area contributed by atoms with E-state index in [0.717, 1.165) is 0 Å². The van der Waals surface area contributed by atoms with Gasteiger partial charge in [0.1, 0.15) is 5.60 Å². The van der Waals surface area contributed by atoms with Crippen LogP contribution in [0.3, 0.4) is 0 Å². The lowest BCUT2D eigenvalue weighted by Crippen LogP contribution is -2.29. The Morgan fingerprint density at radius 2 is 1.68 bits per heavy atom. The highest BCUT2D eigenvalue weighted by molar-refractivity contribution is 6.00. The summed E-state index contributed by atoms with van der Waals surface area (Å²) < 4.78 is 5.22. The van der Waals surface area contributed by atoms with E-state index in [1.807, 2.05) is 0 Å². The molecule has 0 N–H and O–H groups in total. The number of nitro groups is 1. The van der Waals surface area contributed by atoms with Crippen molar-refractivity contribution in [1.82, 2.24) is 0 Å². The third-order valence-corrected chi connectivity index (χ3v) is 2.92. The second kappa shape index (κ2) is 7.15. The summed E-state index contributed by atoms with van der Waals surface area (Å²) in [5.41, 5.74) is -0.0780. The number of benzene rings is 1. The molecule has 1 aromatic carbocycles. The van der Waals surface area contributed by atoms with Crippen LogP contribution in [0.25, 0.3) is 0 Å². The maximum absolute atomic E-state index is 12.1. The van der Waals surface area contributed by atoms with E-state index in [0.29, 0.717) is 12.0 Å². The summed E-state index contributed by atoms with van der Waals surface area (Å²) in [4.78, 5) is 34.4. The van der Waals surface area contributed by atoms with E-state index in [1.54, 1.807) is 27.7 Å². The molecule has 0 saturated carbocycles. The number of carbonyl (C=O) groups excluding carboxylic acids is 2. The van der Waals surface area contributed by atoms with Gasteiger partial charge in [0.2, 0.25) is 5.78 Å². The minimum Gasteiger partial charge on any atom is -0.456 e. The van der Waals surface area contributed by atoms with Gasteiger partial charge in [-0.25, -0.2) is 4.79 Å². The van der Waals surface area contributed by atoms with Crippen molar-refractivity contribution in [2.45, 2.75) is 52.2 Å². The van der Waals surface area contributed by atoms with Gasteiger partial charge in [0.05, 0.1) is 5.56 Å². The number of hydrogen-bond acceptors (Lipinski definition) is 5. The number of rotatable bonds is 6. The van der Waals surface area contributed by atoms with Crippen molar-refractivity contribution in [2.75, 3.05) is 0 Å². The normalized spacial score (nSPS) is 12.5. The van der Waals surface area contributed by atoms with Crippen molar-refractivity contribution in [3.63, 3.8) is 0 Å². The van der Waals surface area contributed by atoms with Gasteiger partial charge in [0.25, 0.3) is 6.04 Å². The second-order valence-electron chi connectivity index (χ2n) is 6.03. The number of ether oxygens (including phenoxy) is 1. The Hall–Kier alpha value is -2.24. The van der Waals surface area contributed by atoms with Gasteiger partial charge in [-0.15, -0.1) is 0 Å². The summed E-state index contributed by atoms with van der Waals surface area (Å²) in [6.07, 6.45) is 0.743. The molecule has 0 amide bonds. The van der Waals surface area contributed by atoms with Crippen molar-refractivity contribution >= 4 is 11.8 Å². The Morgan fingerprint density at radius 1 is 1.18 bits per heavy atom. The molecule has 1 aromatic rings. The fraction of sp³-hybridized carbons (Fsp3) is 0.500. The van der Waals surface area contributed by atoms with Gasteiger partial charge in [0, 0.05) is 16.9 Å². The van der Waals surface area contributed by atoms with Crippen molar-refractivity contribution in [1.29, 1.82) is 0 Å². The SMILES string of the molecule is CCCC(C(=O)c1ccc(C(=O)OC(C)(C)C)cc1)[N+](=O)[O-]. The molecule has 22 heavy (non-hydrogen) atoms. The molecule has 0 bridgehead atoms. The number of nitrogens with zero attached hydrogens (tertiary/aromatic N) is 1. The highest BCUT2D eigenvalue weighted by Crippen LogP contribution is 2.15. The van der Waals surface area contributed by atoms with Crippen LogP contribution in [-0.4, -0.2) is 28.3 Å². The lowest BCUT2D eigenvalue weighted by Gasteiger charge is -2.19. The molecular formula is C16H21NO5. The molecule has 0 aliphatic rings. The van der Waals surface area contributed by atoms with Crippen LogP contribution in [0.5, 0.6) is 0 Å². The minimum absolute atomic E-state index is 0.194. The molecule has 0 heterocycles. The Labute approximate surface area is 129 Å². The Kier molecular flexibility index (Phi) is 5.79. The fourth-order valence-corrected chi connectivity index (χ4v) is 1.91. The van der Waals surface area contributed by atoms with Gasteiger partial charge in [-0.2, -0.15) is 0 Å². The Morgan fingerprint density at radius 3 is 2.09 bits per heavy atom. The first-order chi connectivity index (χ1) is 10.2.